The van der Waals surface area contributed by atoms with Crippen molar-refractivity contribution in [3.05, 3.63) is 11.1 Å². The summed E-state index contributed by atoms with van der Waals surface area (Å²) in [4.78, 5) is 16.1. The van der Waals surface area contributed by atoms with Crippen LogP contribution in [-0.4, -0.2) is 30.6 Å². The summed E-state index contributed by atoms with van der Waals surface area (Å²) in [5, 5.41) is 11.9. The number of aromatic nitrogens is 1. The van der Waals surface area contributed by atoms with E-state index in [0.29, 0.717) is 12.6 Å². The van der Waals surface area contributed by atoms with Crippen LogP contribution in [0.3, 0.4) is 0 Å². The van der Waals surface area contributed by atoms with Crippen LogP contribution in [0.15, 0.2) is 5.38 Å². The molecule has 2 amide bonds. The molecule has 1 heterocycles. The molecule has 1 aliphatic carbocycles. The maximum Gasteiger partial charge on any atom is 0.315 e. The van der Waals surface area contributed by atoms with Crippen molar-refractivity contribution in [2.24, 2.45) is 0 Å². The molecule has 2 rings (SSSR count). The normalized spacial score (nSPS) is 16.1. The third kappa shape index (κ3) is 4.70. The van der Waals surface area contributed by atoms with E-state index in [4.69, 9.17) is 0 Å². The highest BCUT2D eigenvalue weighted by Gasteiger charge is 2.15. The van der Waals surface area contributed by atoms with Gasteiger partial charge in [0.1, 0.15) is 0 Å². The molecule has 0 atom stereocenters. The molecule has 6 heteroatoms. The average Bonchev–Trinajstić information content (AvgIpc) is 2.88. The molecule has 1 saturated carbocycles. The van der Waals surface area contributed by atoms with Gasteiger partial charge in [-0.3, -0.25) is 0 Å². The molecule has 0 spiro atoms. The van der Waals surface area contributed by atoms with E-state index in [1.54, 1.807) is 11.3 Å². The topological polar surface area (TPSA) is 66.0 Å². The smallest absolute Gasteiger partial charge is 0.315 e. The number of thiazole rings is 1. The molecule has 0 aromatic carbocycles. The Morgan fingerprint density at radius 2 is 2.21 bits per heavy atom. The SMILES string of the molecule is CNc1nc(CCNC(=O)NC2CCCCC2)cs1. The van der Waals surface area contributed by atoms with Crippen molar-refractivity contribution >= 4 is 22.5 Å². The molecule has 1 aromatic rings. The molecular formula is C13H22N4OS. The summed E-state index contributed by atoms with van der Waals surface area (Å²) < 4.78 is 0. The number of carbonyl (C=O) groups is 1. The Balaban J connectivity index is 1.63. The average molecular weight is 282 g/mol. The molecule has 1 aliphatic rings. The molecule has 5 nitrogen and oxygen atoms in total. The van der Waals surface area contributed by atoms with Crippen LogP contribution in [-0.2, 0) is 6.42 Å². The van der Waals surface area contributed by atoms with Crippen LogP contribution in [0.4, 0.5) is 9.93 Å². The van der Waals surface area contributed by atoms with Gasteiger partial charge in [0.05, 0.1) is 5.69 Å². The van der Waals surface area contributed by atoms with E-state index in [1.165, 1.54) is 19.3 Å². The van der Waals surface area contributed by atoms with Gasteiger partial charge in [-0.1, -0.05) is 19.3 Å². The number of urea groups is 1. The molecular weight excluding hydrogens is 260 g/mol. The zero-order valence-corrected chi connectivity index (χ0v) is 12.2. The highest BCUT2D eigenvalue weighted by atomic mass is 32.1. The Morgan fingerprint density at radius 1 is 1.42 bits per heavy atom. The van der Waals surface area contributed by atoms with Crippen LogP contribution in [0, 0.1) is 0 Å². The van der Waals surface area contributed by atoms with Gasteiger partial charge >= 0.3 is 6.03 Å². The Hall–Kier alpha value is -1.30. The minimum Gasteiger partial charge on any atom is -0.365 e. The van der Waals surface area contributed by atoms with Crippen molar-refractivity contribution in [1.29, 1.82) is 0 Å². The van der Waals surface area contributed by atoms with Crippen LogP contribution >= 0.6 is 11.3 Å². The number of hydrogen-bond donors (Lipinski definition) is 3. The van der Waals surface area contributed by atoms with Gasteiger partial charge in [0.2, 0.25) is 0 Å². The molecule has 3 N–H and O–H groups in total. The highest BCUT2D eigenvalue weighted by Crippen LogP contribution is 2.17. The fourth-order valence-corrected chi connectivity index (χ4v) is 3.03. The predicted molar refractivity (Wildman–Crippen MR) is 78.8 cm³/mol. The number of hydrogen-bond acceptors (Lipinski definition) is 4. The molecule has 19 heavy (non-hydrogen) atoms. The van der Waals surface area contributed by atoms with Crippen LogP contribution < -0.4 is 16.0 Å². The van der Waals surface area contributed by atoms with Gasteiger partial charge < -0.3 is 16.0 Å². The summed E-state index contributed by atoms with van der Waals surface area (Å²) >= 11 is 1.59. The van der Waals surface area contributed by atoms with Gasteiger partial charge in [0.25, 0.3) is 0 Å². The first-order valence-electron chi connectivity index (χ1n) is 6.94. The van der Waals surface area contributed by atoms with Crippen molar-refractivity contribution in [2.45, 2.75) is 44.6 Å². The molecule has 0 radical (unpaired) electrons. The van der Waals surface area contributed by atoms with Crippen LogP contribution in [0.5, 0.6) is 0 Å². The lowest BCUT2D eigenvalue weighted by atomic mass is 9.96. The van der Waals surface area contributed by atoms with Gasteiger partial charge in [0.15, 0.2) is 5.13 Å². The Bertz CT molecular complexity index is 401. The summed E-state index contributed by atoms with van der Waals surface area (Å²) in [7, 11) is 1.86. The van der Waals surface area contributed by atoms with Gasteiger partial charge in [-0.2, -0.15) is 0 Å². The van der Waals surface area contributed by atoms with E-state index in [9.17, 15) is 4.79 Å². The van der Waals surface area contributed by atoms with E-state index < -0.39 is 0 Å². The van der Waals surface area contributed by atoms with Gasteiger partial charge in [-0.25, -0.2) is 9.78 Å². The van der Waals surface area contributed by atoms with Crippen LogP contribution in [0.1, 0.15) is 37.8 Å². The molecule has 106 valence electrons. The number of nitrogens with one attached hydrogen (secondary N) is 3. The molecule has 1 fully saturated rings. The van der Waals surface area contributed by atoms with Crippen LogP contribution in [0.25, 0.3) is 0 Å². The standard InChI is InChI=1S/C13H22N4OS/c1-14-13-17-11(9-19-13)7-8-15-12(18)16-10-5-3-2-4-6-10/h9-10H,2-8H2,1H3,(H,14,17)(H2,15,16,18). The number of anilines is 1. The molecule has 1 aromatic heterocycles. The summed E-state index contributed by atoms with van der Waals surface area (Å²) in [6.07, 6.45) is 6.77. The minimum absolute atomic E-state index is 0.0454. The number of amides is 2. The monoisotopic (exact) mass is 282 g/mol. The fraction of sp³-hybridized carbons (Fsp3) is 0.692. The van der Waals surface area contributed by atoms with E-state index >= 15 is 0 Å². The number of nitrogens with zero attached hydrogens (tertiary/aromatic N) is 1. The largest absolute Gasteiger partial charge is 0.365 e. The molecule has 0 bridgehead atoms. The Labute approximate surface area is 118 Å². The summed E-state index contributed by atoms with van der Waals surface area (Å²) in [6.45, 7) is 0.630. The zero-order chi connectivity index (χ0) is 13.5. The minimum atomic E-state index is -0.0454. The zero-order valence-electron chi connectivity index (χ0n) is 11.4. The van der Waals surface area contributed by atoms with Crippen molar-refractivity contribution in [1.82, 2.24) is 15.6 Å². The predicted octanol–water partition coefficient (Wildman–Crippen LogP) is 2.36. The first-order valence-corrected chi connectivity index (χ1v) is 7.82. The lowest BCUT2D eigenvalue weighted by Gasteiger charge is -2.22. The van der Waals surface area contributed by atoms with Crippen LogP contribution in [0.2, 0.25) is 0 Å². The van der Waals surface area contributed by atoms with Crippen molar-refractivity contribution < 1.29 is 4.79 Å². The second-order valence-corrected chi connectivity index (χ2v) is 5.74. The van der Waals surface area contributed by atoms with E-state index in [0.717, 1.165) is 30.1 Å². The third-order valence-corrected chi connectivity index (χ3v) is 4.28. The lowest BCUT2D eigenvalue weighted by molar-refractivity contribution is 0.233. The van der Waals surface area contributed by atoms with Crippen molar-refractivity contribution in [2.75, 3.05) is 18.9 Å². The summed E-state index contributed by atoms with van der Waals surface area (Å²) in [5.41, 5.74) is 1.02. The summed E-state index contributed by atoms with van der Waals surface area (Å²) in [6, 6.07) is 0.319. The fourth-order valence-electron chi connectivity index (χ4n) is 2.32. The second-order valence-electron chi connectivity index (χ2n) is 4.88. The van der Waals surface area contributed by atoms with Gasteiger partial charge in [0, 0.05) is 31.4 Å². The number of rotatable bonds is 5. The third-order valence-electron chi connectivity index (χ3n) is 3.37. The quantitative estimate of drug-likeness (QED) is 0.776. The van der Waals surface area contributed by atoms with Crippen molar-refractivity contribution in [3.63, 3.8) is 0 Å². The Kier molecular flexibility index (Phi) is 5.44. The maximum absolute atomic E-state index is 11.7. The van der Waals surface area contributed by atoms with Crippen molar-refractivity contribution in [3.8, 4) is 0 Å². The van der Waals surface area contributed by atoms with E-state index in [2.05, 4.69) is 20.9 Å². The Morgan fingerprint density at radius 3 is 2.89 bits per heavy atom. The lowest BCUT2D eigenvalue weighted by Crippen LogP contribution is -2.43. The first kappa shape index (κ1) is 14.1. The first-order chi connectivity index (χ1) is 9.28. The molecule has 0 aliphatic heterocycles. The maximum atomic E-state index is 11.7. The molecule has 0 saturated heterocycles. The van der Waals surface area contributed by atoms with Gasteiger partial charge in [-0.05, 0) is 12.8 Å². The highest BCUT2D eigenvalue weighted by molar-refractivity contribution is 7.13. The summed E-state index contributed by atoms with van der Waals surface area (Å²) in [5.74, 6) is 0. The molecule has 0 unspecified atom stereocenters. The second kappa shape index (κ2) is 7.33. The van der Waals surface area contributed by atoms with E-state index in [1.807, 2.05) is 12.4 Å². The van der Waals surface area contributed by atoms with E-state index in [-0.39, 0.29) is 6.03 Å². The number of carbonyl (C=O) groups excluding carboxylic acids is 1. The van der Waals surface area contributed by atoms with Gasteiger partial charge in [-0.15, -0.1) is 11.3 Å².